The number of ether oxygens (including phenoxy) is 2. The maximum Gasteiger partial charge on any atom is 0.231 e. The molecule has 0 saturated carbocycles. The van der Waals surface area contributed by atoms with E-state index in [0.29, 0.717) is 18.8 Å². The van der Waals surface area contributed by atoms with Crippen LogP contribution in [0.25, 0.3) is 0 Å². The lowest BCUT2D eigenvalue weighted by Gasteiger charge is -2.16. The van der Waals surface area contributed by atoms with Crippen molar-refractivity contribution < 1.29 is 19.1 Å². The summed E-state index contributed by atoms with van der Waals surface area (Å²) in [5.41, 5.74) is 1.76. The molecule has 0 spiro atoms. The molecule has 1 N–H and O–H groups in total. The number of fused-ring (bicyclic) bond motifs is 1. The van der Waals surface area contributed by atoms with Crippen LogP contribution in [0.15, 0.2) is 48.5 Å². The summed E-state index contributed by atoms with van der Waals surface area (Å²) in [7, 11) is 0. The maximum atomic E-state index is 12.4. The van der Waals surface area contributed by atoms with Gasteiger partial charge in [0.05, 0.1) is 5.92 Å². The van der Waals surface area contributed by atoms with Crippen molar-refractivity contribution in [2.24, 2.45) is 5.92 Å². The number of hydrogen-bond acceptors (Lipinski definition) is 4. The van der Waals surface area contributed by atoms with Crippen molar-refractivity contribution in [2.45, 2.75) is 13.0 Å². The Morgan fingerprint density at radius 3 is 2.76 bits per heavy atom. The minimum Gasteiger partial charge on any atom is -0.454 e. The second-order valence-corrected chi connectivity index (χ2v) is 6.15. The molecule has 0 bridgehead atoms. The molecule has 2 heterocycles. The number of nitrogens with zero attached hydrogens (tertiary/aromatic N) is 1. The normalized spacial score (nSPS) is 18.5. The summed E-state index contributed by atoms with van der Waals surface area (Å²) < 4.78 is 10.6. The van der Waals surface area contributed by atoms with Crippen LogP contribution in [-0.4, -0.2) is 25.2 Å². The van der Waals surface area contributed by atoms with Gasteiger partial charge >= 0.3 is 0 Å². The Hall–Kier alpha value is -3.02. The van der Waals surface area contributed by atoms with E-state index in [4.69, 9.17) is 9.47 Å². The van der Waals surface area contributed by atoms with Gasteiger partial charge in [-0.1, -0.05) is 24.3 Å². The molecule has 1 fully saturated rings. The first kappa shape index (κ1) is 15.5. The van der Waals surface area contributed by atoms with Gasteiger partial charge in [-0.05, 0) is 29.8 Å². The fourth-order valence-corrected chi connectivity index (χ4v) is 3.13. The van der Waals surface area contributed by atoms with Crippen molar-refractivity contribution in [1.29, 1.82) is 0 Å². The van der Waals surface area contributed by atoms with E-state index in [0.717, 1.165) is 17.0 Å². The highest BCUT2D eigenvalue weighted by Crippen LogP contribution is 2.32. The fourth-order valence-electron chi connectivity index (χ4n) is 3.13. The van der Waals surface area contributed by atoms with Gasteiger partial charge in [0.25, 0.3) is 0 Å². The average Bonchev–Trinajstić information content (AvgIpc) is 3.26. The molecule has 0 aliphatic carbocycles. The maximum absolute atomic E-state index is 12.4. The van der Waals surface area contributed by atoms with Crippen molar-refractivity contribution in [3.8, 4) is 11.5 Å². The van der Waals surface area contributed by atoms with E-state index >= 15 is 0 Å². The summed E-state index contributed by atoms with van der Waals surface area (Å²) in [5, 5.41) is 2.91. The van der Waals surface area contributed by atoms with E-state index in [1.54, 1.807) is 4.90 Å². The number of benzene rings is 2. The first-order valence-electron chi connectivity index (χ1n) is 8.22. The Bertz CT molecular complexity index is 806. The molecule has 2 amide bonds. The van der Waals surface area contributed by atoms with Crippen LogP contribution >= 0.6 is 0 Å². The molecule has 2 aliphatic rings. The number of rotatable bonds is 4. The van der Waals surface area contributed by atoms with Gasteiger partial charge in [0.2, 0.25) is 18.6 Å². The van der Waals surface area contributed by atoms with Gasteiger partial charge in [0.15, 0.2) is 11.5 Å². The molecule has 2 aromatic rings. The standard InChI is InChI=1S/C19H18N2O4/c22-18-9-14(11-21(18)15-4-2-1-3-5-15)19(23)20-10-13-6-7-16-17(8-13)25-12-24-16/h1-8,14H,9-12H2,(H,20,23)/t14-/m0/s1. The summed E-state index contributed by atoms with van der Waals surface area (Å²) in [4.78, 5) is 26.3. The third kappa shape index (κ3) is 3.15. The molecular weight excluding hydrogens is 320 g/mol. The third-order valence-corrected chi connectivity index (χ3v) is 4.47. The number of amides is 2. The number of carbonyl (C=O) groups excluding carboxylic acids is 2. The Morgan fingerprint density at radius 1 is 1.12 bits per heavy atom. The van der Waals surface area contributed by atoms with Gasteiger partial charge in [-0.25, -0.2) is 0 Å². The molecule has 0 radical (unpaired) electrons. The summed E-state index contributed by atoms with van der Waals surface area (Å²) in [6.07, 6.45) is 0.238. The molecular formula is C19H18N2O4. The van der Waals surface area contributed by atoms with Crippen molar-refractivity contribution in [3.05, 3.63) is 54.1 Å². The first-order valence-corrected chi connectivity index (χ1v) is 8.22. The number of para-hydroxylation sites is 1. The molecule has 1 atom stereocenters. The highest BCUT2D eigenvalue weighted by Gasteiger charge is 2.34. The lowest BCUT2D eigenvalue weighted by Crippen LogP contribution is -2.32. The monoisotopic (exact) mass is 338 g/mol. The zero-order chi connectivity index (χ0) is 17.2. The summed E-state index contributed by atoms with van der Waals surface area (Å²) >= 11 is 0. The summed E-state index contributed by atoms with van der Waals surface area (Å²) in [6, 6.07) is 15.0. The van der Waals surface area contributed by atoms with Gasteiger partial charge in [-0.2, -0.15) is 0 Å². The molecule has 1 saturated heterocycles. The molecule has 0 unspecified atom stereocenters. The average molecular weight is 338 g/mol. The van der Waals surface area contributed by atoms with Crippen LogP contribution < -0.4 is 19.7 Å². The van der Waals surface area contributed by atoms with Crippen LogP contribution in [0, 0.1) is 5.92 Å². The topological polar surface area (TPSA) is 67.9 Å². The molecule has 4 rings (SSSR count). The Balaban J connectivity index is 1.36. The van der Waals surface area contributed by atoms with Crippen LogP contribution in [0.2, 0.25) is 0 Å². The van der Waals surface area contributed by atoms with E-state index in [-0.39, 0.29) is 30.9 Å². The Kier molecular flexibility index (Phi) is 4.01. The van der Waals surface area contributed by atoms with Crippen molar-refractivity contribution >= 4 is 17.5 Å². The zero-order valence-electron chi connectivity index (χ0n) is 13.6. The Labute approximate surface area is 145 Å². The minimum atomic E-state index is -0.332. The summed E-state index contributed by atoms with van der Waals surface area (Å²) in [6.45, 7) is 1.03. The molecule has 25 heavy (non-hydrogen) atoms. The van der Waals surface area contributed by atoms with Gasteiger partial charge < -0.3 is 19.7 Å². The molecule has 128 valence electrons. The van der Waals surface area contributed by atoms with Crippen LogP contribution in [0.4, 0.5) is 5.69 Å². The van der Waals surface area contributed by atoms with E-state index in [1.807, 2.05) is 48.5 Å². The van der Waals surface area contributed by atoms with Crippen molar-refractivity contribution in [3.63, 3.8) is 0 Å². The van der Waals surface area contributed by atoms with Crippen LogP contribution in [-0.2, 0) is 16.1 Å². The molecule has 6 heteroatoms. The number of nitrogens with one attached hydrogen (secondary N) is 1. The zero-order valence-corrected chi connectivity index (χ0v) is 13.6. The van der Waals surface area contributed by atoms with Gasteiger partial charge in [0.1, 0.15) is 0 Å². The highest BCUT2D eigenvalue weighted by atomic mass is 16.7. The lowest BCUT2D eigenvalue weighted by molar-refractivity contribution is -0.126. The smallest absolute Gasteiger partial charge is 0.231 e. The SMILES string of the molecule is O=C(NCc1ccc2c(c1)OCO2)[C@H]1CC(=O)N(c2ccccc2)C1. The predicted molar refractivity (Wildman–Crippen MR) is 91.3 cm³/mol. The molecule has 2 aliphatic heterocycles. The second kappa shape index (κ2) is 6.47. The van der Waals surface area contributed by atoms with E-state index in [1.165, 1.54) is 0 Å². The summed E-state index contributed by atoms with van der Waals surface area (Å²) in [5.74, 6) is 0.952. The minimum absolute atomic E-state index is 0.0190. The second-order valence-electron chi connectivity index (χ2n) is 6.15. The molecule has 0 aromatic heterocycles. The third-order valence-electron chi connectivity index (χ3n) is 4.47. The lowest BCUT2D eigenvalue weighted by atomic mass is 10.1. The molecule has 2 aromatic carbocycles. The highest BCUT2D eigenvalue weighted by molar-refractivity contribution is 6.00. The largest absolute Gasteiger partial charge is 0.454 e. The number of carbonyl (C=O) groups is 2. The van der Waals surface area contributed by atoms with E-state index < -0.39 is 0 Å². The van der Waals surface area contributed by atoms with Crippen LogP contribution in [0.1, 0.15) is 12.0 Å². The predicted octanol–water partition coefficient (Wildman–Crippen LogP) is 2.08. The Morgan fingerprint density at radius 2 is 1.92 bits per heavy atom. The van der Waals surface area contributed by atoms with E-state index in [9.17, 15) is 9.59 Å². The number of anilines is 1. The number of hydrogen-bond donors (Lipinski definition) is 1. The van der Waals surface area contributed by atoms with E-state index in [2.05, 4.69) is 5.32 Å². The van der Waals surface area contributed by atoms with Crippen molar-refractivity contribution in [2.75, 3.05) is 18.2 Å². The fraction of sp³-hybridized carbons (Fsp3) is 0.263. The molecule has 6 nitrogen and oxygen atoms in total. The van der Waals surface area contributed by atoms with Crippen molar-refractivity contribution in [1.82, 2.24) is 5.32 Å². The van der Waals surface area contributed by atoms with Gasteiger partial charge in [0, 0.05) is 25.2 Å². The first-order chi connectivity index (χ1) is 12.2. The quantitative estimate of drug-likeness (QED) is 0.927. The van der Waals surface area contributed by atoms with Crippen LogP contribution in [0.3, 0.4) is 0 Å². The van der Waals surface area contributed by atoms with Crippen LogP contribution in [0.5, 0.6) is 11.5 Å². The van der Waals surface area contributed by atoms with Gasteiger partial charge in [-0.15, -0.1) is 0 Å². The van der Waals surface area contributed by atoms with Gasteiger partial charge in [-0.3, -0.25) is 9.59 Å².